The third-order valence-electron chi connectivity index (χ3n) is 7.44. The second kappa shape index (κ2) is 13.7. The number of hydrogen-bond donors (Lipinski definition) is 1. The Kier molecular flexibility index (Phi) is 10.1. The van der Waals surface area contributed by atoms with E-state index in [2.05, 4.69) is 20.9 Å². The van der Waals surface area contributed by atoms with E-state index in [1.165, 1.54) is 7.11 Å². The van der Waals surface area contributed by atoms with Gasteiger partial charge in [-0.25, -0.2) is 4.99 Å². The standard InChI is InChI=1S/C29H37N5O5S/c1-20-27(34(36)37)25(26(28(30)31-20)29(35)39-3)21-10-4-7-13-24(21)40-19-9-8-14-32-15-17-33(18-16-32)22-11-5-6-12-23(22)38-2/h4-7,10-13,25-26H,8-9,14-19H2,1-3H3,(H2,30,31). The van der Waals surface area contributed by atoms with Crippen LogP contribution in [0.2, 0.25) is 0 Å². The minimum atomic E-state index is -1.05. The Morgan fingerprint density at radius 1 is 1.10 bits per heavy atom. The van der Waals surface area contributed by atoms with Gasteiger partial charge in [-0.05, 0) is 55.8 Å². The minimum Gasteiger partial charge on any atom is -0.495 e. The quantitative estimate of drug-likeness (QED) is 0.140. The summed E-state index contributed by atoms with van der Waals surface area (Å²) in [5, 5.41) is 12.1. The van der Waals surface area contributed by atoms with Crippen LogP contribution in [0.15, 0.2) is 69.8 Å². The summed E-state index contributed by atoms with van der Waals surface area (Å²) in [6.45, 7) is 6.51. The highest BCUT2D eigenvalue weighted by Gasteiger charge is 2.46. The molecule has 0 radical (unpaired) electrons. The molecule has 0 saturated carbocycles. The maximum absolute atomic E-state index is 12.7. The van der Waals surface area contributed by atoms with E-state index in [0.717, 1.165) is 67.7 Å². The molecule has 11 heteroatoms. The van der Waals surface area contributed by atoms with Crippen LogP contribution in [0, 0.1) is 16.0 Å². The molecule has 0 aromatic heterocycles. The van der Waals surface area contributed by atoms with Gasteiger partial charge in [0.05, 0.1) is 30.7 Å². The Bertz CT molecular complexity index is 1270. The van der Waals surface area contributed by atoms with Gasteiger partial charge in [0.15, 0.2) is 0 Å². The smallest absolute Gasteiger partial charge is 0.317 e. The molecule has 214 valence electrons. The van der Waals surface area contributed by atoms with Gasteiger partial charge in [0.2, 0.25) is 0 Å². The molecule has 2 heterocycles. The summed E-state index contributed by atoms with van der Waals surface area (Å²) in [7, 11) is 2.96. The van der Waals surface area contributed by atoms with Crippen molar-refractivity contribution in [1.82, 2.24) is 4.90 Å². The molecule has 0 amide bonds. The van der Waals surface area contributed by atoms with Crippen LogP contribution in [0.4, 0.5) is 5.69 Å². The summed E-state index contributed by atoms with van der Waals surface area (Å²) >= 11 is 1.65. The van der Waals surface area contributed by atoms with Gasteiger partial charge in [-0.15, -0.1) is 11.8 Å². The van der Waals surface area contributed by atoms with Crippen molar-refractivity contribution < 1.29 is 19.2 Å². The lowest BCUT2D eigenvalue weighted by Gasteiger charge is -2.36. The normalized spacial score (nSPS) is 19.8. The highest BCUT2D eigenvalue weighted by molar-refractivity contribution is 7.99. The first-order valence-electron chi connectivity index (χ1n) is 13.4. The van der Waals surface area contributed by atoms with Gasteiger partial charge in [0.25, 0.3) is 5.70 Å². The van der Waals surface area contributed by atoms with Gasteiger partial charge < -0.3 is 20.1 Å². The van der Waals surface area contributed by atoms with Crippen molar-refractivity contribution in [3.63, 3.8) is 0 Å². The number of aliphatic imine (C=N–C) groups is 1. The summed E-state index contributed by atoms with van der Waals surface area (Å²) in [6, 6.07) is 15.7. The van der Waals surface area contributed by atoms with E-state index in [1.54, 1.807) is 25.8 Å². The number of carbonyl (C=O) groups excluding carboxylic acids is 1. The Morgan fingerprint density at radius 3 is 2.50 bits per heavy atom. The number of ether oxygens (including phenoxy) is 2. The number of para-hydroxylation sites is 2. The highest BCUT2D eigenvalue weighted by Crippen LogP contribution is 2.42. The lowest BCUT2D eigenvalue weighted by atomic mass is 9.80. The number of benzene rings is 2. The highest BCUT2D eigenvalue weighted by atomic mass is 32.2. The Morgan fingerprint density at radius 2 is 1.80 bits per heavy atom. The SMILES string of the molecule is COC(=O)C1C(N)=NC(C)=C([N+](=O)[O-])C1c1ccccc1SCCCCN1CCN(c2ccccc2OC)CC1. The topological polar surface area (TPSA) is 124 Å². The number of nitro groups is 1. The summed E-state index contributed by atoms with van der Waals surface area (Å²) in [5.74, 6) is -0.762. The van der Waals surface area contributed by atoms with Gasteiger partial charge in [-0.3, -0.25) is 19.8 Å². The Hall–Kier alpha value is -3.57. The average Bonchev–Trinajstić information content (AvgIpc) is 2.96. The largest absolute Gasteiger partial charge is 0.495 e. The maximum Gasteiger partial charge on any atom is 0.317 e. The van der Waals surface area contributed by atoms with Crippen LogP contribution < -0.4 is 15.4 Å². The fourth-order valence-corrected chi connectivity index (χ4v) is 6.53. The van der Waals surface area contributed by atoms with Gasteiger partial charge in [0.1, 0.15) is 23.2 Å². The maximum atomic E-state index is 12.7. The zero-order valence-electron chi connectivity index (χ0n) is 23.2. The molecule has 2 N–H and O–H groups in total. The third-order valence-corrected chi connectivity index (χ3v) is 8.62. The number of thioether (sulfide) groups is 1. The number of hydrogen-bond acceptors (Lipinski definition) is 10. The van der Waals surface area contributed by atoms with Crippen molar-refractivity contribution in [2.75, 3.05) is 57.6 Å². The number of esters is 1. The lowest BCUT2D eigenvalue weighted by molar-refractivity contribution is -0.432. The second-order valence-electron chi connectivity index (χ2n) is 9.84. The van der Waals surface area contributed by atoms with Gasteiger partial charge in [0, 0.05) is 31.1 Å². The van der Waals surface area contributed by atoms with Crippen molar-refractivity contribution in [2.24, 2.45) is 16.6 Å². The van der Waals surface area contributed by atoms with Gasteiger partial charge >= 0.3 is 5.97 Å². The Balaban J connectivity index is 1.34. The molecule has 40 heavy (non-hydrogen) atoms. The molecular formula is C29H37N5O5S. The predicted octanol–water partition coefficient (Wildman–Crippen LogP) is 4.14. The molecule has 2 aliphatic heterocycles. The molecule has 2 aliphatic rings. The van der Waals surface area contributed by atoms with Crippen molar-refractivity contribution in [3.05, 3.63) is 75.6 Å². The van der Waals surface area contributed by atoms with E-state index in [4.69, 9.17) is 15.2 Å². The van der Waals surface area contributed by atoms with Crippen molar-refractivity contribution >= 4 is 29.3 Å². The second-order valence-corrected chi connectivity index (χ2v) is 11.0. The van der Waals surface area contributed by atoms with Crippen LogP contribution in [0.1, 0.15) is 31.2 Å². The summed E-state index contributed by atoms with van der Waals surface area (Å²) < 4.78 is 10.5. The van der Waals surface area contributed by atoms with Crippen LogP contribution in [0.5, 0.6) is 5.75 Å². The molecule has 2 aromatic rings. The zero-order valence-corrected chi connectivity index (χ0v) is 24.1. The number of nitrogens with two attached hydrogens (primary N) is 1. The van der Waals surface area contributed by atoms with Crippen LogP contribution >= 0.6 is 11.8 Å². The van der Waals surface area contributed by atoms with Crippen molar-refractivity contribution in [1.29, 1.82) is 0 Å². The fourth-order valence-electron chi connectivity index (χ4n) is 5.42. The molecule has 2 aromatic carbocycles. The molecule has 2 unspecified atom stereocenters. The number of anilines is 1. The molecule has 0 aliphatic carbocycles. The number of nitrogens with zero attached hydrogens (tertiary/aromatic N) is 4. The molecule has 0 spiro atoms. The van der Waals surface area contributed by atoms with E-state index in [9.17, 15) is 14.9 Å². The fraction of sp³-hybridized carbons (Fsp3) is 0.448. The molecule has 1 fully saturated rings. The number of allylic oxidation sites excluding steroid dienone is 2. The van der Waals surface area contributed by atoms with E-state index in [0.29, 0.717) is 5.56 Å². The molecule has 0 bridgehead atoms. The number of carbonyl (C=O) groups is 1. The lowest BCUT2D eigenvalue weighted by Crippen LogP contribution is -2.46. The third kappa shape index (κ3) is 6.59. The number of methoxy groups -OCH3 is 2. The first-order valence-corrected chi connectivity index (χ1v) is 14.4. The first-order chi connectivity index (χ1) is 19.3. The number of rotatable bonds is 11. The molecule has 1 saturated heterocycles. The van der Waals surface area contributed by atoms with E-state index in [1.807, 2.05) is 42.5 Å². The number of amidine groups is 1. The monoisotopic (exact) mass is 567 g/mol. The van der Waals surface area contributed by atoms with E-state index < -0.39 is 22.7 Å². The summed E-state index contributed by atoms with van der Waals surface area (Å²) in [4.78, 5) is 34.2. The molecule has 10 nitrogen and oxygen atoms in total. The van der Waals surface area contributed by atoms with Gasteiger partial charge in [-0.1, -0.05) is 30.3 Å². The predicted molar refractivity (Wildman–Crippen MR) is 158 cm³/mol. The van der Waals surface area contributed by atoms with E-state index in [-0.39, 0.29) is 17.2 Å². The molecular weight excluding hydrogens is 530 g/mol. The van der Waals surface area contributed by atoms with Crippen LogP contribution in [-0.2, 0) is 9.53 Å². The number of unbranched alkanes of at least 4 members (excludes halogenated alkanes) is 1. The van der Waals surface area contributed by atoms with Crippen LogP contribution in [0.25, 0.3) is 0 Å². The van der Waals surface area contributed by atoms with Crippen LogP contribution in [0.3, 0.4) is 0 Å². The van der Waals surface area contributed by atoms with Crippen molar-refractivity contribution in [3.8, 4) is 5.75 Å². The van der Waals surface area contributed by atoms with E-state index >= 15 is 0 Å². The zero-order chi connectivity index (χ0) is 28.6. The average molecular weight is 568 g/mol. The minimum absolute atomic E-state index is 0.0329. The molecule has 4 rings (SSSR count). The van der Waals surface area contributed by atoms with Gasteiger partial charge in [-0.2, -0.15) is 0 Å². The van der Waals surface area contributed by atoms with Crippen molar-refractivity contribution in [2.45, 2.75) is 30.6 Å². The Labute approximate surface area is 239 Å². The first kappa shape index (κ1) is 29.4. The number of piperazine rings is 1. The molecule has 2 atom stereocenters. The summed E-state index contributed by atoms with van der Waals surface area (Å²) in [5.41, 5.74) is 8.05. The summed E-state index contributed by atoms with van der Waals surface area (Å²) in [6.07, 6.45) is 2.05. The van der Waals surface area contributed by atoms with Crippen LogP contribution in [-0.4, -0.2) is 74.3 Å².